The number of esters is 3. The topological polar surface area (TPSA) is 118 Å². The third-order valence-corrected chi connectivity index (χ3v) is 13.3. The molecular weight excluding hydrogens is 698 g/mol. The number of unbranched alkanes of at least 4 members (excludes halogenated alkanes) is 2. The second-order valence-electron chi connectivity index (χ2n) is 19.3. The van der Waals surface area contributed by atoms with E-state index in [1.165, 1.54) is 51.4 Å². The Labute approximate surface area is 333 Å². The van der Waals surface area contributed by atoms with Crippen LogP contribution in [-0.4, -0.2) is 81.6 Å². The molecule has 0 aromatic rings. The van der Waals surface area contributed by atoms with Crippen molar-refractivity contribution >= 4 is 24.1 Å². The molecule has 4 saturated carbocycles. The Balaban J connectivity index is 1.12. The van der Waals surface area contributed by atoms with Crippen molar-refractivity contribution in [3.63, 3.8) is 0 Å². The normalized spacial score (nSPS) is 30.6. The van der Waals surface area contributed by atoms with Crippen LogP contribution < -0.4 is 0 Å². The van der Waals surface area contributed by atoms with Crippen molar-refractivity contribution in [2.24, 2.45) is 52.3 Å². The number of ether oxygens (including phenoxy) is 5. The van der Waals surface area contributed by atoms with Crippen molar-refractivity contribution < 1.29 is 42.9 Å². The van der Waals surface area contributed by atoms with Crippen LogP contribution in [0.25, 0.3) is 0 Å². The fourth-order valence-electron chi connectivity index (χ4n) is 11.2. The molecule has 0 aliphatic heterocycles. The molecule has 0 radical (unpaired) electrons. The minimum atomic E-state index is -0.781. The molecule has 5 atom stereocenters. The van der Waals surface area contributed by atoms with Gasteiger partial charge in [-0.15, -0.1) is 0 Å². The maximum Gasteiger partial charge on any atom is 0.508 e. The van der Waals surface area contributed by atoms with E-state index in [1.54, 1.807) is 0 Å². The van der Waals surface area contributed by atoms with E-state index < -0.39 is 12.1 Å². The molecule has 10 nitrogen and oxygen atoms in total. The van der Waals surface area contributed by atoms with Crippen LogP contribution in [0.4, 0.5) is 4.79 Å². The zero-order valence-electron chi connectivity index (χ0n) is 35.5. The highest BCUT2D eigenvalue weighted by molar-refractivity contribution is 5.70. The van der Waals surface area contributed by atoms with E-state index in [9.17, 15) is 19.2 Å². The first-order valence-corrected chi connectivity index (χ1v) is 22.2. The monoisotopic (exact) mass is 776 g/mol. The highest BCUT2D eigenvalue weighted by Crippen LogP contribution is 2.52. The summed E-state index contributed by atoms with van der Waals surface area (Å²) in [7, 11) is 0. The molecule has 0 aromatic carbocycles. The van der Waals surface area contributed by atoms with Gasteiger partial charge in [0, 0.05) is 19.4 Å². The zero-order chi connectivity index (χ0) is 39.8. The summed E-state index contributed by atoms with van der Waals surface area (Å²) in [6, 6.07) is 0. The molecule has 5 unspecified atom stereocenters. The van der Waals surface area contributed by atoms with Gasteiger partial charge in [-0.25, -0.2) is 4.79 Å². The maximum absolute atomic E-state index is 13.1. The van der Waals surface area contributed by atoms with Crippen LogP contribution >= 0.6 is 0 Å². The third-order valence-electron chi connectivity index (χ3n) is 13.3. The van der Waals surface area contributed by atoms with Crippen molar-refractivity contribution in [3.8, 4) is 0 Å². The van der Waals surface area contributed by atoms with Gasteiger partial charge in [-0.05, 0) is 149 Å². The van der Waals surface area contributed by atoms with E-state index in [-0.39, 0.29) is 61.6 Å². The van der Waals surface area contributed by atoms with Crippen LogP contribution in [0.5, 0.6) is 0 Å². The predicted molar refractivity (Wildman–Crippen MR) is 213 cm³/mol. The van der Waals surface area contributed by atoms with Gasteiger partial charge in [0.15, 0.2) is 0 Å². The van der Waals surface area contributed by atoms with Gasteiger partial charge in [0.05, 0.1) is 25.6 Å². The molecule has 4 aliphatic rings. The Bertz CT molecular complexity index is 1170. The lowest BCUT2D eigenvalue weighted by Crippen LogP contribution is -2.38. The Morgan fingerprint density at radius 1 is 0.582 bits per heavy atom. The van der Waals surface area contributed by atoms with E-state index in [1.807, 2.05) is 0 Å². The van der Waals surface area contributed by atoms with Gasteiger partial charge in [0.25, 0.3) is 0 Å². The molecule has 316 valence electrons. The number of nitrogens with zero attached hydrogens (tertiary/aromatic N) is 1. The molecule has 0 spiro atoms. The number of carbonyl (C=O) groups is 4. The van der Waals surface area contributed by atoms with Crippen molar-refractivity contribution in [3.05, 3.63) is 0 Å². The summed E-state index contributed by atoms with van der Waals surface area (Å²) in [5.74, 6) is 3.32. The van der Waals surface area contributed by atoms with Crippen LogP contribution in [0.15, 0.2) is 0 Å². The minimum Gasteiger partial charge on any atom is -0.466 e. The number of hydrogen-bond acceptors (Lipinski definition) is 10. The fourth-order valence-corrected chi connectivity index (χ4v) is 11.2. The summed E-state index contributed by atoms with van der Waals surface area (Å²) in [6.07, 6.45) is 16.2. The molecule has 55 heavy (non-hydrogen) atoms. The van der Waals surface area contributed by atoms with Crippen LogP contribution in [0.3, 0.4) is 0 Å². The molecule has 0 amide bonds. The molecular formula is C45H77NO9. The second kappa shape index (κ2) is 22.5. The average molecular weight is 776 g/mol. The van der Waals surface area contributed by atoms with Gasteiger partial charge in [-0.3, -0.25) is 14.4 Å². The number of carbonyl (C=O) groups excluding carboxylic acids is 4. The lowest BCUT2D eigenvalue weighted by molar-refractivity contribution is -0.152. The van der Waals surface area contributed by atoms with Gasteiger partial charge in [0.1, 0.15) is 19.8 Å². The van der Waals surface area contributed by atoms with E-state index in [0.717, 1.165) is 62.6 Å². The van der Waals surface area contributed by atoms with Gasteiger partial charge in [-0.2, -0.15) is 0 Å². The van der Waals surface area contributed by atoms with Crippen LogP contribution in [-0.2, 0) is 38.1 Å². The molecule has 0 saturated heterocycles. The summed E-state index contributed by atoms with van der Waals surface area (Å²) in [5, 5.41) is 0. The van der Waals surface area contributed by atoms with Gasteiger partial charge >= 0.3 is 24.1 Å². The molecule has 4 fully saturated rings. The highest BCUT2D eigenvalue weighted by atomic mass is 16.7. The zero-order valence-corrected chi connectivity index (χ0v) is 35.5. The molecule has 0 heterocycles. The van der Waals surface area contributed by atoms with Crippen LogP contribution in [0.1, 0.15) is 157 Å². The summed E-state index contributed by atoms with van der Waals surface area (Å²) in [5.41, 5.74) is 0.210. The number of fused-ring (bicyclic) bond motifs is 4. The Morgan fingerprint density at radius 2 is 1.07 bits per heavy atom. The van der Waals surface area contributed by atoms with Gasteiger partial charge in [0.2, 0.25) is 0 Å². The summed E-state index contributed by atoms with van der Waals surface area (Å²) in [4.78, 5) is 52.8. The van der Waals surface area contributed by atoms with Crippen molar-refractivity contribution in [1.82, 2.24) is 4.90 Å². The molecule has 4 aliphatic carbocycles. The third kappa shape index (κ3) is 16.6. The SMILES string of the molecule is CCN(CC)CCCOC(=O)OCC(COC(=O)CCCCCC(=O)OCCC1(C)CC2CC(C)CC(C2)C1)COC(=O)CC1(C)CC2CC(C)CC(C2)C1. The first-order valence-electron chi connectivity index (χ1n) is 22.2. The molecule has 4 rings (SSSR count). The number of rotatable bonds is 23. The Kier molecular flexibility index (Phi) is 18.6. The van der Waals surface area contributed by atoms with Gasteiger partial charge < -0.3 is 28.6 Å². The van der Waals surface area contributed by atoms with Crippen molar-refractivity contribution in [1.29, 1.82) is 0 Å². The van der Waals surface area contributed by atoms with E-state index in [4.69, 9.17) is 23.7 Å². The van der Waals surface area contributed by atoms with E-state index in [2.05, 4.69) is 46.4 Å². The average Bonchev–Trinajstić information content (AvgIpc) is 3.09. The summed E-state index contributed by atoms with van der Waals surface area (Å²) < 4.78 is 27.6. The fraction of sp³-hybridized carbons (Fsp3) is 0.911. The Morgan fingerprint density at radius 3 is 1.62 bits per heavy atom. The molecule has 0 aromatic heterocycles. The van der Waals surface area contributed by atoms with Crippen LogP contribution in [0, 0.1) is 52.3 Å². The Hall–Kier alpha value is -2.36. The first-order chi connectivity index (χ1) is 26.2. The predicted octanol–water partition coefficient (Wildman–Crippen LogP) is 9.55. The molecule has 0 N–H and O–H groups in total. The largest absolute Gasteiger partial charge is 0.508 e. The molecule has 4 bridgehead atoms. The van der Waals surface area contributed by atoms with Gasteiger partial charge in [-0.1, -0.05) is 48.0 Å². The van der Waals surface area contributed by atoms with Crippen LogP contribution in [0.2, 0.25) is 0 Å². The minimum absolute atomic E-state index is 0.0110. The lowest BCUT2D eigenvalue weighted by Gasteiger charge is -2.47. The van der Waals surface area contributed by atoms with E-state index >= 15 is 0 Å². The smallest absolute Gasteiger partial charge is 0.466 e. The maximum atomic E-state index is 13.1. The van der Waals surface area contributed by atoms with E-state index in [0.29, 0.717) is 57.0 Å². The highest BCUT2D eigenvalue weighted by Gasteiger charge is 2.43. The van der Waals surface area contributed by atoms with Crippen molar-refractivity contribution in [2.75, 3.05) is 52.7 Å². The summed E-state index contributed by atoms with van der Waals surface area (Å²) >= 11 is 0. The second-order valence-corrected chi connectivity index (χ2v) is 19.3. The molecule has 10 heteroatoms. The quantitative estimate of drug-likeness (QED) is 0.0564. The number of hydrogen-bond donors (Lipinski definition) is 0. The standard InChI is InChI=1S/C45H77NO9/c1-7-46(8-2)16-12-17-52-43(50)55-32-39(31-54-42(49)29-45(6)27-37-21-34(4)22-38(24-37)28-45)30-53-41(48)14-11-9-10-13-40(47)51-18-15-44(5)25-35-19-33(3)20-36(23-35)26-44/h33-39H,7-32H2,1-6H3. The summed E-state index contributed by atoms with van der Waals surface area (Å²) in [6.45, 7) is 16.8. The van der Waals surface area contributed by atoms with Crippen molar-refractivity contribution in [2.45, 2.75) is 157 Å². The first kappa shape index (κ1) is 45.3. The lowest BCUT2D eigenvalue weighted by atomic mass is 9.58.